The van der Waals surface area contributed by atoms with Gasteiger partial charge in [-0.15, -0.1) is 6.58 Å². The maximum absolute atomic E-state index is 10.1. The molecular weight excluding hydrogens is 208 g/mol. The lowest BCUT2D eigenvalue weighted by Crippen LogP contribution is -2.26. The summed E-state index contributed by atoms with van der Waals surface area (Å²) in [6, 6.07) is 7.59. The molecule has 0 aliphatic rings. The zero-order chi connectivity index (χ0) is 11.3. The molecule has 2 heteroatoms. The molecule has 1 unspecified atom stereocenters. The minimum absolute atomic E-state index is 0.651. The Morgan fingerprint density at radius 3 is 2.53 bits per heavy atom. The van der Waals surface area contributed by atoms with Crippen molar-refractivity contribution >= 4 is 11.6 Å². The van der Waals surface area contributed by atoms with Crippen LogP contribution in [0.3, 0.4) is 0 Å². The van der Waals surface area contributed by atoms with Crippen LogP contribution in [0, 0.1) is 0 Å². The second-order valence-electron chi connectivity index (χ2n) is 4.13. The first-order chi connectivity index (χ1) is 7.03. The van der Waals surface area contributed by atoms with Crippen molar-refractivity contribution in [3.63, 3.8) is 0 Å². The van der Waals surface area contributed by atoms with Crippen LogP contribution in [0.4, 0.5) is 0 Å². The van der Waals surface area contributed by atoms with Crippen molar-refractivity contribution in [1.29, 1.82) is 0 Å². The number of allylic oxidation sites excluding steroid dienone is 1. The normalized spacial score (nSPS) is 14.6. The molecule has 1 atom stereocenters. The number of rotatable bonds is 5. The number of halogens is 1. The molecule has 15 heavy (non-hydrogen) atoms. The monoisotopic (exact) mass is 224 g/mol. The van der Waals surface area contributed by atoms with E-state index in [0.29, 0.717) is 6.42 Å². The number of hydrogen-bond acceptors (Lipinski definition) is 1. The van der Waals surface area contributed by atoms with E-state index >= 15 is 0 Å². The Morgan fingerprint density at radius 1 is 1.40 bits per heavy atom. The van der Waals surface area contributed by atoms with Crippen LogP contribution in [0.5, 0.6) is 0 Å². The van der Waals surface area contributed by atoms with E-state index in [2.05, 4.69) is 6.58 Å². The number of hydrogen-bond donors (Lipinski definition) is 1. The van der Waals surface area contributed by atoms with Gasteiger partial charge >= 0.3 is 0 Å². The zero-order valence-electron chi connectivity index (χ0n) is 9.04. The third kappa shape index (κ3) is 4.50. The van der Waals surface area contributed by atoms with Crippen molar-refractivity contribution in [2.24, 2.45) is 0 Å². The fraction of sp³-hybridized carbons (Fsp3) is 0.385. The van der Waals surface area contributed by atoms with Gasteiger partial charge in [-0.25, -0.2) is 0 Å². The molecule has 0 aliphatic heterocycles. The van der Waals surface area contributed by atoms with Crippen molar-refractivity contribution in [1.82, 2.24) is 0 Å². The van der Waals surface area contributed by atoms with E-state index in [1.807, 2.05) is 37.3 Å². The average Bonchev–Trinajstić information content (AvgIpc) is 2.18. The van der Waals surface area contributed by atoms with Crippen LogP contribution in [0.15, 0.2) is 36.9 Å². The van der Waals surface area contributed by atoms with Crippen molar-refractivity contribution in [3.05, 3.63) is 47.5 Å². The summed E-state index contributed by atoms with van der Waals surface area (Å²) in [5.41, 5.74) is 0.440. The lowest BCUT2D eigenvalue weighted by Gasteiger charge is -2.22. The molecule has 1 rings (SSSR count). The highest BCUT2D eigenvalue weighted by molar-refractivity contribution is 6.30. The Hall–Kier alpha value is -0.790. The standard InChI is InChI=1S/C13H17ClO/c1-3-4-9-13(2,15)10-11-5-7-12(14)8-6-11/h3,5-8,15H,1,4,9-10H2,2H3. The molecule has 1 N–H and O–H groups in total. The fourth-order valence-electron chi connectivity index (χ4n) is 1.54. The SMILES string of the molecule is C=CCCC(C)(O)Cc1ccc(Cl)cc1. The Labute approximate surface area is 96.4 Å². The van der Waals surface area contributed by atoms with Gasteiger partial charge in [0.05, 0.1) is 5.60 Å². The summed E-state index contributed by atoms with van der Waals surface area (Å²) in [6.07, 6.45) is 4.05. The minimum atomic E-state index is -0.665. The summed E-state index contributed by atoms with van der Waals surface area (Å²) in [4.78, 5) is 0. The first kappa shape index (κ1) is 12.3. The maximum atomic E-state index is 10.1. The highest BCUT2D eigenvalue weighted by atomic mass is 35.5. The molecular formula is C13H17ClO. The Balaban J connectivity index is 2.59. The topological polar surface area (TPSA) is 20.2 Å². The lowest BCUT2D eigenvalue weighted by molar-refractivity contribution is 0.0523. The summed E-state index contributed by atoms with van der Waals surface area (Å²) >= 11 is 5.79. The van der Waals surface area contributed by atoms with Crippen LogP contribution in [-0.4, -0.2) is 10.7 Å². The van der Waals surface area contributed by atoms with Crippen LogP contribution in [0.25, 0.3) is 0 Å². The Morgan fingerprint density at radius 2 is 2.00 bits per heavy atom. The van der Waals surface area contributed by atoms with Gasteiger partial charge in [0.25, 0.3) is 0 Å². The van der Waals surface area contributed by atoms with E-state index in [1.165, 1.54) is 0 Å². The summed E-state index contributed by atoms with van der Waals surface area (Å²) in [5.74, 6) is 0. The second-order valence-corrected chi connectivity index (χ2v) is 4.56. The summed E-state index contributed by atoms with van der Waals surface area (Å²) in [6.45, 7) is 5.51. The Kier molecular flexibility index (Phi) is 4.37. The summed E-state index contributed by atoms with van der Waals surface area (Å²) < 4.78 is 0. The van der Waals surface area contributed by atoms with Gasteiger partial charge in [0.1, 0.15) is 0 Å². The third-order valence-electron chi connectivity index (χ3n) is 2.39. The van der Waals surface area contributed by atoms with Gasteiger partial charge in [-0.05, 0) is 37.5 Å². The predicted molar refractivity (Wildman–Crippen MR) is 65.2 cm³/mol. The molecule has 0 aromatic heterocycles. The van der Waals surface area contributed by atoms with Crippen molar-refractivity contribution in [2.75, 3.05) is 0 Å². The highest BCUT2D eigenvalue weighted by Crippen LogP contribution is 2.20. The van der Waals surface area contributed by atoms with E-state index in [1.54, 1.807) is 0 Å². The molecule has 1 nitrogen and oxygen atoms in total. The predicted octanol–water partition coefficient (Wildman–Crippen LogP) is 3.60. The first-order valence-electron chi connectivity index (χ1n) is 5.11. The lowest BCUT2D eigenvalue weighted by atomic mass is 9.92. The van der Waals surface area contributed by atoms with E-state index < -0.39 is 5.60 Å². The zero-order valence-corrected chi connectivity index (χ0v) is 9.80. The first-order valence-corrected chi connectivity index (χ1v) is 5.49. The molecule has 0 saturated carbocycles. The molecule has 0 aliphatic carbocycles. The van der Waals surface area contributed by atoms with Gasteiger partial charge in [0, 0.05) is 11.4 Å². The molecule has 0 amide bonds. The number of benzene rings is 1. The average molecular weight is 225 g/mol. The molecule has 1 aromatic rings. The molecule has 0 heterocycles. The maximum Gasteiger partial charge on any atom is 0.0662 e. The van der Waals surface area contributed by atoms with Crippen molar-refractivity contribution in [3.8, 4) is 0 Å². The molecule has 0 spiro atoms. The van der Waals surface area contributed by atoms with E-state index in [-0.39, 0.29) is 0 Å². The van der Waals surface area contributed by atoms with Crippen molar-refractivity contribution in [2.45, 2.75) is 31.8 Å². The van der Waals surface area contributed by atoms with Crippen molar-refractivity contribution < 1.29 is 5.11 Å². The quantitative estimate of drug-likeness (QED) is 0.758. The fourth-order valence-corrected chi connectivity index (χ4v) is 1.67. The van der Waals surface area contributed by atoms with Gasteiger partial charge in [0.15, 0.2) is 0 Å². The third-order valence-corrected chi connectivity index (χ3v) is 2.64. The van der Waals surface area contributed by atoms with E-state index in [4.69, 9.17) is 11.6 Å². The smallest absolute Gasteiger partial charge is 0.0662 e. The van der Waals surface area contributed by atoms with Gasteiger partial charge in [-0.3, -0.25) is 0 Å². The minimum Gasteiger partial charge on any atom is -0.390 e. The van der Waals surface area contributed by atoms with Crippen LogP contribution < -0.4 is 0 Å². The number of aliphatic hydroxyl groups is 1. The van der Waals surface area contributed by atoms with E-state index in [9.17, 15) is 5.11 Å². The molecule has 0 saturated heterocycles. The van der Waals surface area contributed by atoms with Crippen LogP contribution >= 0.6 is 11.6 Å². The molecule has 0 bridgehead atoms. The van der Waals surface area contributed by atoms with Crippen LogP contribution in [0.2, 0.25) is 5.02 Å². The van der Waals surface area contributed by atoms with Crippen LogP contribution in [-0.2, 0) is 6.42 Å². The van der Waals surface area contributed by atoms with Gasteiger partial charge in [-0.1, -0.05) is 29.8 Å². The van der Waals surface area contributed by atoms with Gasteiger partial charge in [-0.2, -0.15) is 0 Å². The molecule has 0 fully saturated rings. The van der Waals surface area contributed by atoms with Crippen LogP contribution in [0.1, 0.15) is 25.3 Å². The molecule has 1 aromatic carbocycles. The highest BCUT2D eigenvalue weighted by Gasteiger charge is 2.19. The molecule has 0 radical (unpaired) electrons. The molecule has 82 valence electrons. The van der Waals surface area contributed by atoms with Gasteiger partial charge in [0.2, 0.25) is 0 Å². The second kappa shape index (κ2) is 5.34. The van der Waals surface area contributed by atoms with Gasteiger partial charge < -0.3 is 5.11 Å². The summed E-state index contributed by atoms with van der Waals surface area (Å²) in [5, 5.41) is 10.8. The largest absolute Gasteiger partial charge is 0.390 e. The Bertz CT molecular complexity index is 314. The van der Waals surface area contributed by atoms with E-state index in [0.717, 1.165) is 23.4 Å². The summed E-state index contributed by atoms with van der Waals surface area (Å²) in [7, 11) is 0.